The lowest BCUT2D eigenvalue weighted by atomic mass is 10.4. The molecule has 0 bridgehead atoms. The highest BCUT2D eigenvalue weighted by atomic mass is 32.2. The molecule has 0 aliphatic heterocycles. The Kier molecular flexibility index (Phi) is 4.21. The minimum absolute atomic E-state index is 0.0323. The van der Waals surface area contributed by atoms with E-state index >= 15 is 0 Å². The van der Waals surface area contributed by atoms with Gasteiger partial charge in [-0.2, -0.15) is 0 Å². The molecule has 0 radical (unpaired) electrons. The van der Waals surface area contributed by atoms with Gasteiger partial charge in [0.05, 0.1) is 5.75 Å². The van der Waals surface area contributed by atoms with Crippen molar-refractivity contribution in [1.29, 1.82) is 0 Å². The third-order valence-corrected chi connectivity index (χ3v) is 2.85. The van der Waals surface area contributed by atoms with E-state index in [0.29, 0.717) is 6.04 Å². The molecule has 5 nitrogen and oxygen atoms in total. The van der Waals surface area contributed by atoms with Crippen molar-refractivity contribution in [3.8, 4) is 0 Å². The maximum Gasteiger partial charge on any atom is 0.321 e. The molecule has 1 aliphatic carbocycles. The Morgan fingerprint density at radius 1 is 1.57 bits per heavy atom. The molecule has 1 rings (SSSR count). The van der Waals surface area contributed by atoms with Crippen LogP contribution in [0.4, 0.5) is 0 Å². The minimum atomic E-state index is -1.03. The molecule has 0 heterocycles. The molecule has 0 spiro atoms. The number of carboxylic acid groups (broad SMARTS) is 1. The number of carboxylic acids is 1. The van der Waals surface area contributed by atoms with Gasteiger partial charge in [-0.3, -0.25) is 9.59 Å². The Balaban J connectivity index is 2.01. The second-order valence-electron chi connectivity index (χ2n) is 3.30. The lowest BCUT2D eigenvalue weighted by molar-refractivity contribution is -0.138. The summed E-state index contributed by atoms with van der Waals surface area (Å²) in [4.78, 5) is 21.4. The molecule has 0 aromatic carbocycles. The zero-order valence-electron chi connectivity index (χ0n) is 7.73. The fourth-order valence-electron chi connectivity index (χ4n) is 0.847. The first-order valence-corrected chi connectivity index (χ1v) is 5.60. The Hall–Kier alpha value is -0.750. The molecular formula is C8H14N2O3S. The van der Waals surface area contributed by atoms with E-state index in [-0.39, 0.29) is 17.4 Å². The van der Waals surface area contributed by atoms with Crippen LogP contribution in [0.15, 0.2) is 0 Å². The van der Waals surface area contributed by atoms with Gasteiger partial charge in [-0.05, 0) is 12.8 Å². The first-order valence-electron chi connectivity index (χ1n) is 4.45. The second-order valence-corrected chi connectivity index (χ2v) is 4.33. The highest BCUT2D eigenvalue weighted by Crippen LogP contribution is 2.18. The van der Waals surface area contributed by atoms with E-state index in [1.807, 2.05) is 0 Å². The molecule has 1 fully saturated rings. The Labute approximate surface area is 86.4 Å². The van der Waals surface area contributed by atoms with Crippen LogP contribution in [0, 0.1) is 0 Å². The first-order chi connectivity index (χ1) is 6.59. The third-order valence-electron chi connectivity index (χ3n) is 1.79. The number of hydrogen-bond donors (Lipinski definition) is 3. The smallest absolute Gasteiger partial charge is 0.321 e. The van der Waals surface area contributed by atoms with Gasteiger partial charge in [-0.25, -0.2) is 0 Å². The maximum atomic E-state index is 11.1. The Morgan fingerprint density at radius 3 is 2.71 bits per heavy atom. The van der Waals surface area contributed by atoms with Crippen molar-refractivity contribution in [1.82, 2.24) is 5.32 Å². The van der Waals surface area contributed by atoms with Gasteiger partial charge in [0.2, 0.25) is 5.91 Å². The number of carbonyl (C=O) groups is 2. The van der Waals surface area contributed by atoms with E-state index in [1.165, 1.54) is 11.8 Å². The van der Waals surface area contributed by atoms with Crippen LogP contribution in [0.1, 0.15) is 12.8 Å². The predicted octanol–water partition coefficient (Wildman–Crippen LogP) is -0.590. The van der Waals surface area contributed by atoms with Gasteiger partial charge in [0.25, 0.3) is 0 Å². The third kappa shape index (κ3) is 4.48. The number of nitrogens with one attached hydrogen (secondary N) is 1. The van der Waals surface area contributed by atoms with Gasteiger partial charge >= 0.3 is 5.97 Å². The Morgan fingerprint density at radius 2 is 2.21 bits per heavy atom. The summed E-state index contributed by atoms with van der Waals surface area (Å²) in [5.74, 6) is -0.500. The van der Waals surface area contributed by atoms with E-state index < -0.39 is 12.0 Å². The van der Waals surface area contributed by atoms with Crippen LogP contribution in [0.2, 0.25) is 0 Å². The average Bonchev–Trinajstić information content (AvgIpc) is 2.87. The fourth-order valence-corrected chi connectivity index (χ4v) is 1.63. The van der Waals surface area contributed by atoms with Crippen LogP contribution in [0.25, 0.3) is 0 Å². The first kappa shape index (κ1) is 11.3. The standard InChI is InChI=1S/C8H14N2O3S/c9-6(8(12)13)3-14-4-7(11)10-5-1-2-5/h5-6H,1-4,9H2,(H,10,11)(H,12,13)/t6-/m1/s1. The molecule has 0 aromatic rings. The van der Waals surface area contributed by atoms with Crippen LogP contribution in [0.5, 0.6) is 0 Å². The molecule has 1 atom stereocenters. The van der Waals surface area contributed by atoms with Gasteiger partial charge in [-0.1, -0.05) is 0 Å². The summed E-state index contributed by atoms with van der Waals surface area (Å²) in [5, 5.41) is 11.3. The average molecular weight is 218 g/mol. The van der Waals surface area contributed by atoms with Gasteiger partial charge in [0, 0.05) is 11.8 Å². The van der Waals surface area contributed by atoms with Gasteiger partial charge in [0.15, 0.2) is 0 Å². The molecule has 4 N–H and O–H groups in total. The largest absolute Gasteiger partial charge is 0.480 e. The minimum Gasteiger partial charge on any atom is -0.480 e. The molecule has 80 valence electrons. The summed E-state index contributed by atoms with van der Waals surface area (Å²) in [6.07, 6.45) is 2.12. The maximum absolute atomic E-state index is 11.1. The van der Waals surface area contributed by atoms with E-state index in [1.54, 1.807) is 0 Å². The van der Waals surface area contributed by atoms with Gasteiger partial charge in [-0.15, -0.1) is 11.8 Å². The summed E-state index contributed by atoms with van der Waals surface area (Å²) >= 11 is 1.25. The fraction of sp³-hybridized carbons (Fsp3) is 0.750. The van der Waals surface area contributed by atoms with Gasteiger partial charge < -0.3 is 16.2 Å². The highest BCUT2D eigenvalue weighted by molar-refractivity contribution is 8.00. The summed E-state index contributed by atoms with van der Waals surface area (Å²) in [6.45, 7) is 0. The summed E-state index contributed by atoms with van der Waals surface area (Å²) in [5.41, 5.74) is 5.26. The topological polar surface area (TPSA) is 92.4 Å². The SMILES string of the molecule is N[C@H](CSCC(=O)NC1CC1)C(=O)O. The van der Waals surface area contributed by atoms with Crippen molar-refractivity contribution in [2.24, 2.45) is 5.73 Å². The summed E-state index contributed by atoms with van der Waals surface area (Å²) < 4.78 is 0. The van der Waals surface area contributed by atoms with E-state index in [9.17, 15) is 9.59 Å². The number of hydrogen-bond acceptors (Lipinski definition) is 4. The van der Waals surface area contributed by atoms with Crippen molar-refractivity contribution in [3.63, 3.8) is 0 Å². The molecule has 0 unspecified atom stereocenters. The predicted molar refractivity (Wildman–Crippen MR) is 54.1 cm³/mol. The number of rotatable bonds is 6. The number of nitrogens with two attached hydrogens (primary N) is 1. The molecule has 0 saturated heterocycles. The van der Waals surface area contributed by atoms with Crippen molar-refractivity contribution < 1.29 is 14.7 Å². The van der Waals surface area contributed by atoms with Crippen LogP contribution in [-0.4, -0.2) is 40.6 Å². The van der Waals surface area contributed by atoms with Crippen LogP contribution in [0.3, 0.4) is 0 Å². The Bertz CT molecular complexity index is 231. The van der Waals surface area contributed by atoms with E-state index in [4.69, 9.17) is 10.8 Å². The normalized spacial score (nSPS) is 17.5. The molecule has 6 heteroatoms. The molecule has 1 aliphatic rings. The molecular weight excluding hydrogens is 204 g/mol. The number of aliphatic carboxylic acids is 1. The zero-order chi connectivity index (χ0) is 10.6. The lowest BCUT2D eigenvalue weighted by Gasteiger charge is -2.05. The lowest BCUT2D eigenvalue weighted by Crippen LogP contribution is -2.33. The number of thioether (sulfide) groups is 1. The second kappa shape index (κ2) is 5.21. The van der Waals surface area contributed by atoms with Crippen LogP contribution >= 0.6 is 11.8 Å². The van der Waals surface area contributed by atoms with Crippen molar-refractivity contribution in [2.75, 3.05) is 11.5 Å². The van der Waals surface area contributed by atoms with E-state index in [0.717, 1.165) is 12.8 Å². The summed E-state index contributed by atoms with van der Waals surface area (Å²) in [7, 11) is 0. The van der Waals surface area contributed by atoms with Crippen LogP contribution < -0.4 is 11.1 Å². The van der Waals surface area contributed by atoms with Crippen molar-refractivity contribution in [2.45, 2.75) is 24.9 Å². The zero-order valence-corrected chi connectivity index (χ0v) is 8.55. The quantitative estimate of drug-likeness (QED) is 0.554. The molecule has 0 aromatic heterocycles. The van der Waals surface area contributed by atoms with E-state index in [2.05, 4.69) is 5.32 Å². The van der Waals surface area contributed by atoms with Gasteiger partial charge in [0.1, 0.15) is 6.04 Å². The van der Waals surface area contributed by atoms with Crippen LogP contribution in [-0.2, 0) is 9.59 Å². The number of amides is 1. The number of carbonyl (C=O) groups excluding carboxylic acids is 1. The molecule has 14 heavy (non-hydrogen) atoms. The molecule has 1 amide bonds. The summed E-state index contributed by atoms with van der Waals surface area (Å²) in [6, 6.07) is -0.523. The van der Waals surface area contributed by atoms with Crippen molar-refractivity contribution in [3.05, 3.63) is 0 Å². The molecule has 1 saturated carbocycles. The monoisotopic (exact) mass is 218 g/mol. The van der Waals surface area contributed by atoms with Crippen molar-refractivity contribution >= 4 is 23.6 Å². The highest BCUT2D eigenvalue weighted by Gasteiger charge is 2.23.